The number of aromatic nitrogens is 2. The molecule has 1 N–H and O–H groups in total. The van der Waals surface area contributed by atoms with Gasteiger partial charge in [0, 0.05) is 18.0 Å². The van der Waals surface area contributed by atoms with Gasteiger partial charge in [0.05, 0.1) is 11.4 Å². The highest BCUT2D eigenvalue weighted by atomic mass is 32.2. The average molecular weight is 237 g/mol. The standard InChI is InChI=1S/C12H19N3S/c1-9-7-13-10(2)12(15-9)14-8-11-5-3-4-6-16-11/h7,11H,3-6,8H2,1-2H3,(H,14,15). The summed E-state index contributed by atoms with van der Waals surface area (Å²) in [5.41, 5.74) is 1.97. The highest BCUT2D eigenvalue weighted by molar-refractivity contribution is 7.99. The summed E-state index contributed by atoms with van der Waals surface area (Å²) in [4.78, 5) is 8.78. The Bertz CT molecular complexity index is 348. The second-order valence-electron chi connectivity index (χ2n) is 4.31. The van der Waals surface area contributed by atoms with Crippen LogP contribution in [-0.4, -0.2) is 27.5 Å². The number of hydrogen-bond acceptors (Lipinski definition) is 4. The van der Waals surface area contributed by atoms with Gasteiger partial charge < -0.3 is 5.32 Å². The van der Waals surface area contributed by atoms with Crippen molar-refractivity contribution in [2.75, 3.05) is 17.6 Å². The van der Waals surface area contributed by atoms with Crippen molar-refractivity contribution in [3.05, 3.63) is 17.6 Å². The van der Waals surface area contributed by atoms with Crippen molar-refractivity contribution in [1.29, 1.82) is 0 Å². The van der Waals surface area contributed by atoms with Crippen LogP contribution < -0.4 is 5.32 Å². The summed E-state index contributed by atoms with van der Waals surface area (Å²) in [6, 6.07) is 0. The largest absolute Gasteiger partial charge is 0.367 e. The van der Waals surface area contributed by atoms with Crippen molar-refractivity contribution in [2.24, 2.45) is 0 Å². The second-order valence-corrected chi connectivity index (χ2v) is 5.72. The minimum absolute atomic E-state index is 0.746. The molecule has 16 heavy (non-hydrogen) atoms. The molecule has 0 aromatic carbocycles. The van der Waals surface area contributed by atoms with Crippen molar-refractivity contribution < 1.29 is 0 Å². The van der Waals surface area contributed by atoms with Crippen LogP contribution in [0.3, 0.4) is 0 Å². The minimum Gasteiger partial charge on any atom is -0.367 e. The van der Waals surface area contributed by atoms with Crippen LogP contribution in [0, 0.1) is 13.8 Å². The number of aryl methyl sites for hydroxylation is 2. The lowest BCUT2D eigenvalue weighted by atomic mass is 10.2. The van der Waals surface area contributed by atoms with Gasteiger partial charge in [-0.3, -0.25) is 4.98 Å². The molecule has 0 aliphatic carbocycles. The van der Waals surface area contributed by atoms with Gasteiger partial charge in [-0.1, -0.05) is 6.42 Å². The van der Waals surface area contributed by atoms with E-state index in [1.165, 1.54) is 25.0 Å². The molecule has 1 aromatic heterocycles. The molecule has 3 nitrogen and oxygen atoms in total. The van der Waals surface area contributed by atoms with Crippen molar-refractivity contribution in [3.8, 4) is 0 Å². The van der Waals surface area contributed by atoms with Crippen LogP contribution in [-0.2, 0) is 0 Å². The smallest absolute Gasteiger partial charge is 0.147 e. The monoisotopic (exact) mass is 237 g/mol. The zero-order valence-corrected chi connectivity index (χ0v) is 10.8. The van der Waals surface area contributed by atoms with Crippen molar-refractivity contribution in [3.63, 3.8) is 0 Å². The number of hydrogen-bond donors (Lipinski definition) is 1. The molecular formula is C12H19N3S. The summed E-state index contributed by atoms with van der Waals surface area (Å²) in [6.07, 6.45) is 5.90. The first kappa shape index (κ1) is 11.7. The molecule has 0 radical (unpaired) electrons. The van der Waals surface area contributed by atoms with E-state index in [9.17, 15) is 0 Å². The van der Waals surface area contributed by atoms with Gasteiger partial charge in [0.2, 0.25) is 0 Å². The number of anilines is 1. The maximum absolute atomic E-state index is 4.47. The van der Waals surface area contributed by atoms with Gasteiger partial charge in [-0.15, -0.1) is 0 Å². The van der Waals surface area contributed by atoms with E-state index in [0.717, 1.165) is 29.0 Å². The van der Waals surface area contributed by atoms with Crippen LogP contribution in [0.25, 0.3) is 0 Å². The fourth-order valence-corrected chi connectivity index (χ4v) is 3.12. The summed E-state index contributed by atoms with van der Waals surface area (Å²) < 4.78 is 0. The molecule has 0 saturated carbocycles. The maximum Gasteiger partial charge on any atom is 0.147 e. The first-order valence-corrected chi connectivity index (χ1v) is 6.96. The zero-order valence-electron chi connectivity index (χ0n) is 9.99. The summed E-state index contributed by atoms with van der Waals surface area (Å²) >= 11 is 2.08. The van der Waals surface area contributed by atoms with Crippen molar-refractivity contribution in [2.45, 2.75) is 38.4 Å². The molecule has 1 aliphatic heterocycles. The first-order chi connectivity index (χ1) is 7.75. The molecule has 88 valence electrons. The van der Waals surface area contributed by atoms with E-state index in [-0.39, 0.29) is 0 Å². The Morgan fingerprint density at radius 3 is 3.06 bits per heavy atom. The van der Waals surface area contributed by atoms with Crippen molar-refractivity contribution >= 4 is 17.6 Å². The lowest BCUT2D eigenvalue weighted by Gasteiger charge is -2.22. The van der Waals surface area contributed by atoms with Crippen LogP contribution in [0.15, 0.2) is 6.20 Å². The van der Waals surface area contributed by atoms with Crippen molar-refractivity contribution in [1.82, 2.24) is 9.97 Å². The molecule has 0 amide bonds. The third kappa shape index (κ3) is 3.11. The van der Waals surface area contributed by atoms with Gasteiger partial charge in [-0.05, 0) is 32.4 Å². The zero-order chi connectivity index (χ0) is 11.4. The topological polar surface area (TPSA) is 37.8 Å². The Hall–Kier alpha value is -0.770. The molecule has 1 saturated heterocycles. The van der Waals surface area contributed by atoms with E-state index in [4.69, 9.17) is 0 Å². The van der Waals surface area contributed by atoms with Gasteiger partial charge in [0.15, 0.2) is 0 Å². The minimum atomic E-state index is 0.746. The fourth-order valence-electron chi connectivity index (χ4n) is 1.88. The second kappa shape index (κ2) is 5.53. The van der Waals surface area contributed by atoms with Crippen LogP contribution in [0.5, 0.6) is 0 Å². The molecule has 0 bridgehead atoms. The van der Waals surface area contributed by atoms with E-state index < -0.39 is 0 Å². The summed E-state index contributed by atoms with van der Waals surface area (Å²) in [5.74, 6) is 2.26. The molecule has 1 aliphatic rings. The molecule has 2 rings (SSSR count). The molecule has 2 heterocycles. The molecule has 0 spiro atoms. The Balaban J connectivity index is 1.90. The number of nitrogens with zero attached hydrogens (tertiary/aromatic N) is 2. The normalized spacial score (nSPS) is 20.8. The molecule has 1 aromatic rings. The van der Waals surface area contributed by atoms with Gasteiger partial charge in [-0.2, -0.15) is 11.8 Å². The van der Waals surface area contributed by atoms with Gasteiger partial charge in [0.25, 0.3) is 0 Å². The van der Waals surface area contributed by atoms with Gasteiger partial charge >= 0.3 is 0 Å². The summed E-state index contributed by atoms with van der Waals surface area (Å²) in [5, 5.41) is 4.17. The predicted molar refractivity (Wildman–Crippen MR) is 70.1 cm³/mol. The molecule has 1 atom stereocenters. The average Bonchev–Trinajstić information content (AvgIpc) is 2.32. The van der Waals surface area contributed by atoms with Crippen LogP contribution in [0.2, 0.25) is 0 Å². The van der Waals surface area contributed by atoms with E-state index in [1.807, 2.05) is 20.0 Å². The van der Waals surface area contributed by atoms with Gasteiger partial charge in [0.1, 0.15) is 5.82 Å². The quantitative estimate of drug-likeness (QED) is 0.877. The highest BCUT2D eigenvalue weighted by Gasteiger charge is 2.14. The van der Waals surface area contributed by atoms with E-state index in [2.05, 4.69) is 27.0 Å². The van der Waals surface area contributed by atoms with E-state index in [0.29, 0.717) is 0 Å². The van der Waals surface area contributed by atoms with Crippen LogP contribution >= 0.6 is 11.8 Å². The SMILES string of the molecule is Cc1cnc(C)c(NCC2CCCCS2)n1. The lowest BCUT2D eigenvalue weighted by Crippen LogP contribution is -2.21. The Morgan fingerprint density at radius 2 is 2.31 bits per heavy atom. The van der Waals surface area contributed by atoms with Crippen LogP contribution in [0.4, 0.5) is 5.82 Å². The molecular weight excluding hydrogens is 218 g/mol. The Kier molecular flexibility index (Phi) is 4.04. The Labute approximate surface area is 101 Å². The molecule has 1 fully saturated rings. The summed E-state index contributed by atoms with van der Waals surface area (Å²) in [6.45, 7) is 5.00. The van der Waals surface area contributed by atoms with E-state index in [1.54, 1.807) is 0 Å². The highest BCUT2D eigenvalue weighted by Crippen LogP contribution is 2.25. The first-order valence-electron chi connectivity index (χ1n) is 5.91. The summed E-state index contributed by atoms with van der Waals surface area (Å²) in [7, 11) is 0. The lowest BCUT2D eigenvalue weighted by molar-refractivity contribution is 0.676. The third-order valence-electron chi connectivity index (χ3n) is 2.85. The van der Waals surface area contributed by atoms with E-state index >= 15 is 0 Å². The predicted octanol–water partition coefficient (Wildman–Crippen LogP) is 2.79. The fraction of sp³-hybridized carbons (Fsp3) is 0.667. The van der Waals surface area contributed by atoms with Gasteiger partial charge in [-0.25, -0.2) is 4.98 Å². The molecule has 4 heteroatoms. The number of nitrogens with one attached hydrogen (secondary N) is 1. The van der Waals surface area contributed by atoms with Crippen LogP contribution in [0.1, 0.15) is 30.7 Å². The number of rotatable bonds is 3. The maximum atomic E-state index is 4.47. The third-order valence-corrected chi connectivity index (χ3v) is 4.25. The Morgan fingerprint density at radius 1 is 1.44 bits per heavy atom. The number of thioether (sulfide) groups is 1. The molecule has 1 unspecified atom stereocenters.